The van der Waals surface area contributed by atoms with Gasteiger partial charge in [-0.3, -0.25) is 9.69 Å². The summed E-state index contributed by atoms with van der Waals surface area (Å²) in [6, 6.07) is 4.31. The molecular formula is C19H31N5OS2. The number of aromatic nitrogens is 3. The van der Waals surface area contributed by atoms with Crippen LogP contribution in [-0.4, -0.2) is 57.4 Å². The molecule has 2 heterocycles. The van der Waals surface area contributed by atoms with Crippen molar-refractivity contribution in [2.45, 2.75) is 57.4 Å². The van der Waals surface area contributed by atoms with Crippen LogP contribution in [0.25, 0.3) is 0 Å². The van der Waals surface area contributed by atoms with Crippen LogP contribution in [0.1, 0.15) is 49.9 Å². The minimum Gasteiger partial charge on any atom is -0.340 e. The van der Waals surface area contributed by atoms with Crippen molar-refractivity contribution < 1.29 is 4.79 Å². The average Bonchev–Trinajstić information content (AvgIpc) is 3.28. The van der Waals surface area contributed by atoms with Crippen LogP contribution < -0.4 is 0 Å². The molecule has 0 fully saturated rings. The molecular weight excluding hydrogens is 378 g/mol. The van der Waals surface area contributed by atoms with Gasteiger partial charge in [-0.15, -0.1) is 21.5 Å². The van der Waals surface area contributed by atoms with E-state index in [9.17, 15) is 4.79 Å². The molecule has 8 heteroatoms. The summed E-state index contributed by atoms with van der Waals surface area (Å²) in [5.41, 5.74) is 0. The number of carbonyl (C=O) groups excluding carboxylic acids is 1. The molecule has 1 amide bonds. The molecule has 1 unspecified atom stereocenters. The molecule has 2 aromatic rings. The van der Waals surface area contributed by atoms with E-state index < -0.39 is 0 Å². The summed E-state index contributed by atoms with van der Waals surface area (Å²) in [4.78, 5) is 17.7. The quantitative estimate of drug-likeness (QED) is 0.527. The van der Waals surface area contributed by atoms with Gasteiger partial charge in [-0.25, -0.2) is 0 Å². The maximum absolute atomic E-state index is 12.5. The third-order valence-electron chi connectivity index (χ3n) is 4.51. The highest BCUT2D eigenvalue weighted by Gasteiger charge is 2.22. The first-order valence-electron chi connectivity index (χ1n) is 9.46. The van der Waals surface area contributed by atoms with E-state index in [0.717, 1.165) is 36.8 Å². The molecule has 6 nitrogen and oxygen atoms in total. The summed E-state index contributed by atoms with van der Waals surface area (Å²) in [5, 5.41) is 11.8. The Morgan fingerprint density at radius 1 is 1.30 bits per heavy atom. The average molecular weight is 410 g/mol. The van der Waals surface area contributed by atoms with Crippen LogP contribution in [0.2, 0.25) is 0 Å². The van der Waals surface area contributed by atoms with E-state index >= 15 is 0 Å². The standard InChI is InChI=1S/C19H31N5OS2/c1-6-8-11-24-18(16(7-2)22(3)4)20-21-19(24)27-14-17(25)23(5)13-15-10-9-12-26-15/h9-10,12,16H,6-8,11,13-14H2,1-5H3. The summed E-state index contributed by atoms with van der Waals surface area (Å²) >= 11 is 3.16. The molecule has 150 valence electrons. The van der Waals surface area contributed by atoms with Crippen LogP contribution in [0.15, 0.2) is 22.7 Å². The van der Waals surface area contributed by atoms with Crippen molar-refractivity contribution in [2.75, 3.05) is 26.9 Å². The normalized spacial score (nSPS) is 12.5. The van der Waals surface area contributed by atoms with Crippen LogP contribution in [0, 0.1) is 0 Å². The first-order valence-corrected chi connectivity index (χ1v) is 11.3. The first-order chi connectivity index (χ1) is 13.0. The molecule has 0 saturated carbocycles. The fourth-order valence-electron chi connectivity index (χ4n) is 2.92. The van der Waals surface area contributed by atoms with Crippen molar-refractivity contribution in [2.24, 2.45) is 0 Å². The Morgan fingerprint density at radius 3 is 2.67 bits per heavy atom. The second-order valence-corrected chi connectivity index (χ2v) is 8.83. The molecule has 0 radical (unpaired) electrons. The van der Waals surface area contributed by atoms with E-state index in [4.69, 9.17) is 0 Å². The lowest BCUT2D eigenvalue weighted by Gasteiger charge is -2.23. The molecule has 2 rings (SSSR count). The summed E-state index contributed by atoms with van der Waals surface area (Å²) in [6.45, 7) is 5.90. The van der Waals surface area contributed by atoms with Crippen LogP contribution in [-0.2, 0) is 17.9 Å². The zero-order chi connectivity index (χ0) is 19.8. The third kappa shape index (κ3) is 6.05. The largest absolute Gasteiger partial charge is 0.340 e. The Morgan fingerprint density at radius 2 is 2.07 bits per heavy atom. The molecule has 0 aliphatic carbocycles. The Labute approximate surface area is 171 Å². The molecule has 0 aliphatic rings. The third-order valence-corrected chi connectivity index (χ3v) is 6.33. The molecule has 0 N–H and O–H groups in total. The lowest BCUT2D eigenvalue weighted by Crippen LogP contribution is -2.27. The van der Waals surface area contributed by atoms with Crippen molar-refractivity contribution in [1.29, 1.82) is 0 Å². The number of thioether (sulfide) groups is 1. The van der Waals surface area contributed by atoms with Crippen molar-refractivity contribution in [3.63, 3.8) is 0 Å². The van der Waals surface area contributed by atoms with Crippen LogP contribution in [0.4, 0.5) is 0 Å². The van der Waals surface area contributed by atoms with Gasteiger partial charge in [-0.2, -0.15) is 0 Å². The SMILES string of the molecule is CCCCn1c(SCC(=O)N(C)Cc2cccs2)nnc1C(CC)N(C)C. The van der Waals surface area contributed by atoms with Crippen molar-refractivity contribution in [1.82, 2.24) is 24.6 Å². The van der Waals surface area contributed by atoms with Gasteiger partial charge >= 0.3 is 0 Å². The van der Waals surface area contributed by atoms with E-state index in [0.29, 0.717) is 12.3 Å². The van der Waals surface area contributed by atoms with Crippen LogP contribution in [0.5, 0.6) is 0 Å². The van der Waals surface area contributed by atoms with Gasteiger partial charge in [0.25, 0.3) is 0 Å². The van der Waals surface area contributed by atoms with Crippen LogP contribution >= 0.6 is 23.1 Å². The fourth-order valence-corrected chi connectivity index (χ4v) is 4.59. The van der Waals surface area contributed by atoms with E-state index in [2.05, 4.69) is 53.7 Å². The number of nitrogens with zero attached hydrogens (tertiary/aromatic N) is 5. The van der Waals surface area contributed by atoms with Crippen molar-refractivity contribution in [3.05, 3.63) is 28.2 Å². The van der Waals surface area contributed by atoms with Crippen molar-refractivity contribution >= 4 is 29.0 Å². The lowest BCUT2D eigenvalue weighted by molar-refractivity contribution is -0.127. The second kappa shape index (κ2) is 10.8. The maximum atomic E-state index is 12.5. The number of hydrogen-bond donors (Lipinski definition) is 0. The summed E-state index contributed by atoms with van der Waals surface area (Å²) in [5.74, 6) is 1.49. The van der Waals surface area contributed by atoms with E-state index in [1.807, 2.05) is 18.5 Å². The first kappa shape index (κ1) is 21.9. The number of carbonyl (C=O) groups is 1. The Kier molecular flexibility index (Phi) is 8.79. The number of amides is 1. The van der Waals surface area contributed by atoms with Gasteiger partial charge in [-0.1, -0.05) is 38.1 Å². The fraction of sp³-hybridized carbons (Fsp3) is 0.632. The van der Waals surface area contributed by atoms with Gasteiger partial charge in [0.2, 0.25) is 5.91 Å². The lowest BCUT2D eigenvalue weighted by atomic mass is 10.2. The van der Waals surface area contributed by atoms with Gasteiger partial charge in [0, 0.05) is 18.5 Å². The molecule has 27 heavy (non-hydrogen) atoms. The predicted octanol–water partition coefficient (Wildman–Crippen LogP) is 3.90. The smallest absolute Gasteiger partial charge is 0.233 e. The Bertz CT molecular complexity index is 699. The minimum absolute atomic E-state index is 0.111. The highest BCUT2D eigenvalue weighted by atomic mass is 32.2. The molecule has 1 atom stereocenters. The monoisotopic (exact) mass is 409 g/mol. The summed E-state index contributed by atoms with van der Waals surface area (Å²) in [6.07, 6.45) is 3.17. The van der Waals surface area contributed by atoms with E-state index in [-0.39, 0.29) is 11.9 Å². The summed E-state index contributed by atoms with van der Waals surface area (Å²) < 4.78 is 2.20. The van der Waals surface area contributed by atoms with E-state index in [1.165, 1.54) is 16.6 Å². The number of hydrogen-bond acceptors (Lipinski definition) is 6. The zero-order valence-electron chi connectivity index (χ0n) is 17.0. The number of unbranched alkanes of at least 4 members (excludes halogenated alkanes) is 1. The molecule has 0 bridgehead atoms. The van der Waals surface area contributed by atoms with E-state index in [1.54, 1.807) is 16.2 Å². The van der Waals surface area contributed by atoms with Crippen LogP contribution in [0.3, 0.4) is 0 Å². The highest BCUT2D eigenvalue weighted by molar-refractivity contribution is 7.99. The van der Waals surface area contributed by atoms with Gasteiger partial charge in [-0.05, 0) is 38.4 Å². The molecule has 2 aromatic heterocycles. The van der Waals surface area contributed by atoms with Gasteiger partial charge < -0.3 is 9.47 Å². The Balaban J connectivity index is 2.06. The topological polar surface area (TPSA) is 54.3 Å². The number of rotatable bonds is 11. The minimum atomic E-state index is 0.111. The van der Waals surface area contributed by atoms with Gasteiger partial charge in [0.1, 0.15) is 0 Å². The highest BCUT2D eigenvalue weighted by Crippen LogP contribution is 2.26. The number of thiophene rings is 1. The maximum Gasteiger partial charge on any atom is 0.233 e. The van der Waals surface area contributed by atoms with Crippen molar-refractivity contribution in [3.8, 4) is 0 Å². The van der Waals surface area contributed by atoms with Gasteiger partial charge in [0.05, 0.1) is 18.3 Å². The molecule has 0 aromatic carbocycles. The molecule has 0 saturated heterocycles. The molecule has 0 spiro atoms. The second-order valence-electron chi connectivity index (χ2n) is 6.85. The van der Waals surface area contributed by atoms with Gasteiger partial charge in [0.15, 0.2) is 11.0 Å². The predicted molar refractivity (Wildman–Crippen MR) is 113 cm³/mol. The zero-order valence-corrected chi connectivity index (χ0v) is 18.6. The molecule has 0 aliphatic heterocycles. The summed E-state index contributed by atoms with van der Waals surface area (Å²) in [7, 11) is 6.00. The Hall–Kier alpha value is -1.38.